The molecule has 0 atom stereocenters. The number of alkyl halides is 3. The maximum absolute atomic E-state index is 12.6. The molecule has 3 heterocycles. The number of anilines is 2. The Balaban J connectivity index is 1.36. The molecule has 0 radical (unpaired) electrons. The van der Waals surface area contributed by atoms with Crippen molar-refractivity contribution in [3.05, 3.63) is 42.0 Å². The van der Waals surface area contributed by atoms with Crippen molar-refractivity contribution < 1.29 is 27.4 Å². The Kier molecular flexibility index (Phi) is 5.75. The average molecular weight is 492 g/mol. The molecule has 34 heavy (non-hydrogen) atoms. The molecule has 9 nitrogen and oxygen atoms in total. The highest BCUT2D eigenvalue weighted by Crippen LogP contribution is 2.33. The Bertz CT molecular complexity index is 1360. The number of carbonyl (C=O) groups excluding carboxylic acids is 1. The lowest BCUT2D eigenvalue weighted by atomic mass is 10.2. The first-order valence-corrected chi connectivity index (χ1v) is 11.1. The van der Waals surface area contributed by atoms with Crippen molar-refractivity contribution in [1.29, 1.82) is 0 Å². The third-order valence-electron chi connectivity index (χ3n) is 5.23. The van der Waals surface area contributed by atoms with Gasteiger partial charge in [0.25, 0.3) is 5.91 Å². The van der Waals surface area contributed by atoms with Gasteiger partial charge in [-0.2, -0.15) is 0 Å². The summed E-state index contributed by atoms with van der Waals surface area (Å²) in [5.41, 5.74) is 5.28. The van der Waals surface area contributed by atoms with E-state index in [4.69, 9.17) is 4.74 Å². The zero-order valence-electron chi connectivity index (χ0n) is 17.8. The third kappa shape index (κ3) is 4.76. The summed E-state index contributed by atoms with van der Waals surface area (Å²) in [5, 5.41) is 5.39. The van der Waals surface area contributed by atoms with Gasteiger partial charge in [-0.1, -0.05) is 11.3 Å². The molecule has 0 saturated carbocycles. The molecule has 4 aromatic rings. The number of ether oxygens (including phenoxy) is 2. The smallest absolute Gasteiger partial charge is 0.406 e. The van der Waals surface area contributed by atoms with E-state index in [2.05, 4.69) is 25.4 Å². The predicted octanol–water partition coefficient (Wildman–Crippen LogP) is 3.80. The molecule has 1 fully saturated rings. The van der Waals surface area contributed by atoms with E-state index in [9.17, 15) is 18.0 Å². The number of imidazole rings is 1. The van der Waals surface area contributed by atoms with E-state index >= 15 is 0 Å². The molecular weight excluding hydrogens is 473 g/mol. The van der Waals surface area contributed by atoms with E-state index in [1.54, 1.807) is 18.2 Å². The number of carbonyl (C=O) groups is 1. The van der Waals surface area contributed by atoms with Crippen LogP contribution in [0.2, 0.25) is 0 Å². The summed E-state index contributed by atoms with van der Waals surface area (Å²) in [6, 6.07) is 9.21. The Labute approximate surface area is 195 Å². The number of rotatable bonds is 5. The molecule has 0 bridgehead atoms. The fourth-order valence-electron chi connectivity index (χ4n) is 3.59. The van der Waals surface area contributed by atoms with E-state index in [1.165, 1.54) is 29.5 Å². The number of morpholine rings is 1. The van der Waals surface area contributed by atoms with Crippen molar-refractivity contribution in [3.63, 3.8) is 0 Å². The SMILES string of the molecule is Cn1c(Nc2nc3ccc(OC(F)(F)F)cc3s2)nc2cc(C(=O)NN3CCOCC3)ccc21. The monoisotopic (exact) mass is 492 g/mol. The second kappa shape index (κ2) is 8.74. The van der Waals surface area contributed by atoms with Crippen LogP contribution in [-0.4, -0.2) is 58.1 Å². The number of aryl methyl sites for hydroxylation is 1. The normalized spacial score (nSPS) is 15.1. The lowest BCUT2D eigenvalue weighted by Gasteiger charge is -2.26. The van der Waals surface area contributed by atoms with Gasteiger partial charge in [-0.25, -0.2) is 15.0 Å². The van der Waals surface area contributed by atoms with E-state index in [0.29, 0.717) is 58.7 Å². The predicted molar refractivity (Wildman–Crippen MR) is 120 cm³/mol. The van der Waals surface area contributed by atoms with Crippen molar-refractivity contribution in [2.75, 3.05) is 31.6 Å². The van der Waals surface area contributed by atoms with E-state index in [1.807, 2.05) is 16.6 Å². The van der Waals surface area contributed by atoms with Crippen molar-refractivity contribution in [2.45, 2.75) is 6.36 Å². The minimum absolute atomic E-state index is 0.230. The summed E-state index contributed by atoms with van der Waals surface area (Å²) in [4.78, 5) is 21.6. The second-order valence-corrected chi connectivity index (χ2v) is 8.59. The van der Waals surface area contributed by atoms with Crippen LogP contribution in [-0.2, 0) is 11.8 Å². The highest BCUT2D eigenvalue weighted by Gasteiger charge is 2.31. The first-order valence-electron chi connectivity index (χ1n) is 10.3. The lowest BCUT2D eigenvalue weighted by molar-refractivity contribution is -0.274. The van der Waals surface area contributed by atoms with Gasteiger partial charge in [0.1, 0.15) is 5.75 Å². The maximum atomic E-state index is 12.6. The molecule has 13 heteroatoms. The summed E-state index contributed by atoms with van der Waals surface area (Å²) >= 11 is 1.18. The van der Waals surface area contributed by atoms with Gasteiger partial charge < -0.3 is 19.4 Å². The Morgan fingerprint density at radius 1 is 1.12 bits per heavy atom. The van der Waals surface area contributed by atoms with Gasteiger partial charge in [0.15, 0.2) is 5.13 Å². The zero-order valence-corrected chi connectivity index (χ0v) is 18.7. The van der Waals surface area contributed by atoms with Crippen LogP contribution in [0.25, 0.3) is 21.3 Å². The molecule has 5 rings (SSSR count). The van der Waals surface area contributed by atoms with E-state index in [0.717, 1.165) is 5.52 Å². The fraction of sp³-hybridized carbons (Fsp3) is 0.286. The molecule has 0 spiro atoms. The highest BCUT2D eigenvalue weighted by molar-refractivity contribution is 7.22. The van der Waals surface area contributed by atoms with Crippen LogP contribution < -0.4 is 15.5 Å². The number of fused-ring (bicyclic) bond motifs is 2. The van der Waals surface area contributed by atoms with Crippen LogP contribution in [0.1, 0.15) is 10.4 Å². The number of nitrogens with one attached hydrogen (secondary N) is 2. The molecule has 1 aliphatic rings. The van der Waals surface area contributed by atoms with Crippen LogP contribution in [0.15, 0.2) is 36.4 Å². The molecule has 0 aliphatic carbocycles. The molecule has 1 amide bonds. The molecule has 1 aliphatic heterocycles. The Morgan fingerprint density at radius 3 is 2.68 bits per heavy atom. The van der Waals surface area contributed by atoms with Crippen molar-refractivity contribution >= 4 is 49.6 Å². The average Bonchev–Trinajstić information content (AvgIpc) is 3.33. The molecule has 1 saturated heterocycles. The largest absolute Gasteiger partial charge is 0.573 e. The molecule has 178 valence electrons. The van der Waals surface area contributed by atoms with Crippen LogP contribution in [0.3, 0.4) is 0 Å². The summed E-state index contributed by atoms with van der Waals surface area (Å²) in [6.45, 7) is 2.38. The summed E-state index contributed by atoms with van der Waals surface area (Å²) in [6.07, 6.45) is -4.76. The van der Waals surface area contributed by atoms with E-state index in [-0.39, 0.29) is 11.7 Å². The van der Waals surface area contributed by atoms with Gasteiger partial charge in [0.05, 0.1) is 34.5 Å². The van der Waals surface area contributed by atoms with Crippen LogP contribution in [0.5, 0.6) is 5.75 Å². The number of hydrogen-bond acceptors (Lipinski definition) is 8. The Hall–Kier alpha value is -3.42. The van der Waals surface area contributed by atoms with Crippen molar-refractivity contribution in [2.24, 2.45) is 7.05 Å². The highest BCUT2D eigenvalue weighted by atomic mass is 32.1. The topological polar surface area (TPSA) is 93.5 Å². The minimum Gasteiger partial charge on any atom is -0.406 e. The Morgan fingerprint density at radius 2 is 1.91 bits per heavy atom. The van der Waals surface area contributed by atoms with Crippen LogP contribution in [0, 0.1) is 0 Å². The number of nitrogens with zero attached hydrogens (tertiary/aromatic N) is 4. The van der Waals surface area contributed by atoms with Crippen molar-refractivity contribution in [1.82, 2.24) is 25.0 Å². The van der Waals surface area contributed by atoms with Gasteiger partial charge in [0.2, 0.25) is 5.95 Å². The lowest BCUT2D eigenvalue weighted by Crippen LogP contribution is -2.48. The summed E-state index contributed by atoms with van der Waals surface area (Å²) in [5.74, 6) is -0.0561. The van der Waals surface area contributed by atoms with Crippen LogP contribution in [0.4, 0.5) is 24.3 Å². The molecule has 2 aromatic carbocycles. The quantitative estimate of drug-likeness (QED) is 0.438. The molecule has 0 unspecified atom stereocenters. The number of halogens is 3. The first kappa shape index (κ1) is 22.4. The van der Waals surface area contributed by atoms with Gasteiger partial charge in [0, 0.05) is 31.8 Å². The zero-order chi connectivity index (χ0) is 23.9. The molecule has 2 aromatic heterocycles. The maximum Gasteiger partial charge on any atom is 0.573 e. The number of hydrogen-bond donors (Lipinski definition) is 2. The van der Waals surface area contributed by atoms with Gasteiger partial charge >= 0.3 is 6.36 Å². The number of thiazole rings is 1. The molecule has 2 N–H and O–H groups in total. The van der Waals surface area contributed by atoms with Crippen molar-refractivity contribution in [3.8, 4) is 5.75 Å². The number of hydrazine groups is 1. The fourth-order valence-corrected chi connectivity index (χ4v) is 4.48. The van der Waals surface area contributed by atoms with Gasteiger partial charge in [-0.05, 0) is 30.3 Å². The van der Waals surface area contributed by atoms with Gasteiger partial charge in [-0.15, -0.1) is 13.2 Å². The number of amides is 1. The minimum atomic E-state index is -4.76. The van der Waals surface area contributed by atoms with Crippen LogP contribution >= 0.6 is 11.3 Å². The first-order chi connectivity index (χ1) is 16.2. The second-order valence-electron chi connectivity index (χ2n) is 7.56. The summed E-state index contributed by atoms with van der Waals surface area (Å²) in [7, 11) is 1.81. The van der Waals surface area contributed by atoms with Gasteiger partial charge in [-0.3, -0.25) is 10.2 Å². The standard InChI is InChI=1S/C21H19F3N6O3S/c1-29-16-5-2-12(18(31)28-30-6-8-32-9-7-30)10-15(16)25-19(29)27-20-26-14-4-3-13(11-17(14)34-20)33-21(22,23)24/h2-5,10-11H,6-9H2,1H3,(H,28,31)(H,25,26,27). The number of aromatic nitrogens is 3. The molecular formula is C21H19F3N6O3S. The third-order valence-corrected chi connectivity index (χ3v) is 6.16. The number of benzene rings is 2. The summed E-state index contributed by atoms with van der Waals surface area (Å²) < 4.78 is 49.1. The van der Waals surface area contributed by atoms with E-state index < -0.39 is 6.36 Å².